The highest BCUT2D eigenvalue weighted by Gasteiger charge is 2.33. The molecule has 1 aromatic carbocycles. The number of aliphatic hydroxyl groups excluding tert-OH is 1. The minimum absolute atomic E-state index is 0.0497. The van der Waals surface area contributed by atoms with Crippen molar-refractivity contribution < 1.29 is 39.3 Å². The van der Waals surface area contributed by atoms with E-state index in [0.717, 1.165) is 0 Å². The summed E-state index contributed by atoms with van der Waals surface area (Å²) in [4.78, 5) is 60.3. The number of carbonyl (C=O) groups excluding carboxylic acids is 3. The Hall–Kier alpha value is -3.51. The van der Waals surface area contributed by atoms with Gasteiger partial charge in [-0.3, -0.25) is 19.2 Å². The topological polar surface area (TPSA) is 208 Å². The first-order chi connectivity index (χ1) is 15.8. The number of hydrogen-bond acceptors (Lipinski definition) is 7. The second-order valence-electron chi connectivity index (χ2n) is 8.24. The van der Waals surface area contributed by atoms with Crippen molar-refractivity contribution in [1.29, 1.82) is 0 Å². The van der Waals surface area contributed by atoms with Gasteiger partial charge < -0.3 is 37.0 Å². The van der Waals surface area contributed by atoms with Gasteiger partial charge in [0.2, 0.25) is 17.7 Å². The van der Waals surface area contributed by atoms with E-state index in [1.165, 1.54) is 6.92 Å². The van der Waals surface area contributed by atoms with E-state index < -0.39 is 72.3 Å². The fourth-order valence-corrected chi connectivity index (χ4v) is 2.97. The Morgan fingerprint density at radius 2 is 1.41 bits per heavy atom. The summed E-state index contributed by atoms with van der Waals surface area (Å²) in [6, 6.07) is 3.37. The molecule has 3 amide bonds. The van der Waals surface area contributed by atoms with Crippen molar-refractivity contribution in [3.8, 4) is 0 Å². The average molecular weight is 481 g/mol. The molecular formula is C22H32N4O8. The van der Waals surface area contributed by atoms with E-state index in [1.807, 2.05) is 0 Å². The molecule has 0 heterocycles. The second kappa shape index (κ2) is 13.3. The third kappa shape index (κ3) is 9.16. The number of rotatable bonds is 13. The van der Waals surface area contributed by atoms with Crippen LogP contribution in [-0.2, 0) is 30.4 Å². The van der Waals surface area contributed by atoms with Gasteiger partial charge in [-0.1, -0.05) is 44.2 Å². The summed E-state index contributed by atoms with van der Waals surface area (Å²) in [6.45, 7) is 4.53. The standard InChI is InChI=1S/C22H32N4O8/c1-11(2)18(21(32)25-15(22(33)34)10-16(28)29)26-19(30)14(9-13-7-5-4-6-8-13)24-20(31)17(23)12(3)27/h4-8,11-12,14-15,17-18,27H,9-10,23H2,1-3H3,(H,24,31)(H,25,32)(H,26,30)(H,28,29)(H,33,34). The van der Waals surface area contributed by atoms with Crippen molar-refractivity contribution in [2.24, 2.45) is 11.7 Å². The molecule has 1 rings (SSSR count). The Balaban J connectivity index is 3.08. The van der Waals surface area contributed by atoms with Gasteiger partial charge in [0.25, 0.3) is 0 Å². The summed E-state index contributed by atoms with van der Waals surface area (Å²) < 4.78 is 0. The van der Waals surface area contributed by atoms with E-state index in [4.69, 9.17) is 10.8 Å². The Morgan fingerprint density at radius 3 is 1.88 bits per heavy atom. The number of carboxylic acid groups (broad SMARTS) is 2. The predicted molar refractivity (Wildman–Crippen MR) is 120 cm³/mol. The molecule has 0 aliphatic rings. The number of aliphatic hydroxyl groups is 1. The van der Waals surface area contributed by atoms with Crippen LogP contribution in [0.4, 0.5) is 0 Å². The maximum Gasteiger partial charge on any atom is 0.326 e. The lowest BCUT2D eigenvalue weighted by Gasteiger charge is -2.27. The highest BCUT2D eigenvalue weighted by Crippen LogP contribution is 2.08. The lowest BCUT2D eigenvalue weighted by Crippen LogP contribution is -2.59. The summed E-state index contributed by atoms with van der Waals surface area (Å²) in [5.41, 5.74) is 6.36. The Morgan fingerprint density at radius 1 is 0.853 bits per heavy atom. The van der Waals surface area contributed by atoms with Gasteiger partial charge in [0.05, 0.1) is 12.5 Å². The summed E-state index contributed by atoms with van der Waals surface area (Å²) in [5, 5.41) is 34.7. The van der Waals surface area contributed by atoms with Crippen LogP contribution in [0.25, 0.3) is 0 Å². The Labute approximate surface area is 196 Å². The summed E-state index contributed by atoms with van der Waals surface area (Å²) in [6.07, 6.45) is -1.96. The molecule has 0 spiro atoms. The predicted octanol–water partition coefficient (Wildman–Crippen LogP) is -1.39. The zero-order chi connectivity index (χ0) is 26.0. The van der Waals surface area contributed by atoms with Crippen molar-refractivity contribution >= 4 is 29.7 Å². The Kier molecular flexibility index (Phi) is 11.1. The van der Waals surface area contributed by atoms with Gasteiger partial charge in [-0.05, 0) is 18.4 Å². The van der Waals surface area contributed by atoms with Crippen molar-refractivity contribution in [2.45, 2.75) is 63.9 Å². The third-order valence-corrected chi connectivity index (χ3v) is 4.98. The fraction of sp³-hybridized carbons (Fsp3) is 0.500. The SMILES string of the molecule is CC(C)C(NC(=O)C(Cc1ccccc1)NC(=O)C(N)C(C)O)C(=O)NC(CC(=O)O)C(=O)O. The molecule has 1 aromatic rings. The van der Waals surface area contributed by atoms with E-state index in [0.29, 0.717) is 5.56 Å². The maximum absolute atomic E-state index is 13.1. The van der Waals surface area contributed by atoms with Crippen molar-refractivity contribution in [3.63, 3.8) is 0 Å². The first kappa shape index (κ1) is 28.5. The number of aliphatic carboxylic acids is 2. The molecule has 0 saturated heterocycles. The molecule has 0 aliphatic heterocycles. The molecule has 188 valence electrons. The molecule has 0 saturated carbocycles. The van der Waals surface area contributed by atoms with Gasteiger partial charge in [-0.15, -0.1) is 0 Å². The lowest BCUT2D eigenvalue weighted by atomic mass is 10.00. The molecule has 0 fully saturated rings. The van der Waals surface area contributed by atoms with Crippen LogP contribution in [0, 0.1) is 5.92 Å². The molecule has 12 heteroatoms. The summed E-state index contributed by atoms with van der Waals surface area (Å²) >= 11 is 0. The van der Waals surface area contributed by atoms with Crippen molar-refractivity contribution in [1.82, 2.24) is 16.0 Å². The summed E-state index contributed by atoms with van der Waals surface area (Å²) in [7, 11) is 0. The lowest BCUT2D eigenvalue weighted by molar-refractivity contribution is -0.147. The zero-order valence-corrected chi connectivity index (χ0v) is 19.2. The molecule has 12 nitrogen and oxygen atoms in total. The number of amides is 3. The number of carboxylic acids is 2. The van der Waals surface area contributed by atoms with Crippen LogP contribution in [0.15, 0.2) is 30.3 Å². The number of nitrogens with two attached hydrogens (primary N) is 1. The molecule has 5 unspecified atom stereocenters. The van der Waals surface area contributed by atoms with E-state index >= 15 is 0 Å². The minimum Gasteiger partial charge on any atom is -0.481 e. The van der Waals surface area contributed by atoms with Gasteiger partial charge in [0, 0.05) is 6.42 Å². The van der Waals surface area contributed by atoms with Gasteiger partial charge >= 0.3 is 11.9 Å². The second-order valence-corrected chi connectivity index (χ2v) is 8.24. The number of nitrogens with one attached hydrogen (secondary N) is 3. The zero-order valence-electron chi connectivity index (χ0n) is 19.2. The first-order valence-corrected chi connectivity index (χ1v) is 10.7. The van der Waals surface area contributed by atoms with Gasteiger partial charge in [0.15, 0.2) is 0 Å². The molecule has 8 N–H and O–H groups in total. The van der Waals surface area contributed by atoms with Crippen molar-refractivity contribution in [3.05, 3.63) is 35.9 Å². The van der Waals surface area contributed by atoms with Gasteiger partial charge in [-0.25, -0.2) is 4.79 Å². The highest BCUT2D eigenvalue weighted by molar-refractivity contribution is 5.95. The monoisotopic (exact) mass is 480 g/mol. The summed E-state index contributed by atoms with van der Waals surface area (Å²) in [5.74, 6) is -5.86. The molecule has 34 heavy (non-hydrogen) atoms. The smallest absolute Gasteiger partial charge is 0.326 e. The van der Waals surface area contributed by atoms with E-state index in [-0.39, 0.29) is 6.42 Å². The maximum atomic E-state index is 13.1. The third-order valence-electron chi connectivity index (χ3n) is 4.98. The number of benzene rings is 1. The molecule has 0 radical (unpaired) electrons. The van der Waals surface area contributed by atoms with Gasteiger partial charge in [-0.2, -0.15) is 0 Å². The Bertz CT molecular complexity index is 875. The first-order valence-electron chi connectivity index (χ1n) is 10.7. The van der Waals surface area contributed by atoms with Crippen molar-refractivity contribution in [2.75, 3.05) is 0 Å². The van der Waals surface area contributed by atoms with Crippen LogP contribution in [0.5, 0.6) is 0 Å². The average Bonchev–Trinajstić information content (AvgIpc) is 2.75. The molecule has 0 aromatic heterocycles. The minimum atomic E-state index is -1.69. The molecule has 0 aliphatic carbocycles. The fourth-order valence-electron chi connectivity index (χ4n) is 2.97. The van der Waals surface area contributed by atoms with Crippen LogP contribution in [0.2, 0.25) is 0 Å². The van der Waals surface area contributed by atoms with E-state index in [2.05, 4.69) is 16.0 Å². The van der Waals surface area contributed by atoms with Crippen LogP contribution >= 0.6 is 0 Å². The van der Waals surface area contributed by atoms with Gasteiger partial charge in [0.1, 0.15) is 24.2 Å². The largest absolute Gasteiger partial charge is 0.481 e. The van der Waals surface area contributed by atoms with E-state index in [9.17, 15) is 34.2 Å². The van der Waals surface area contributed by atoms with Crippen LogP contribution < -0.4 is 21.7 Å². The molecular weight excluding hydrogens is 448 g/mol. The van der Waals surface area contributed by atoms with Crippen LogP contribution in [0.1, 0.15) is 32.8 Å². The highest BCUT2D eigenvalue weighted by atomic mass is 16.4. The number of carbonyl (C=O) groups is 5. The number of hydrogen-bond donors (Lipinski definition) is 7. The van der Waals surface area contributed by atoms with Crippen LogP contribution in [-0.4, -0.2) is 75.3 Å². The van der Waals surface area contributed by atoms with E-state index in [1.54, 1.807) is 44.2 Å². The molecule has 0 bridgehead atoms. The molecule has 5 atom stereocenters. The normalized spacial score (nSPS) is 15.4. The van der Waals surface area contributed by atoms with Crippen LogP contribution in [0.3, 0.4) is 0 Å². The quantitative estimate of drug-likeness (QED) is 0.177.